The predicted molar refractivity (Wildman–Crippen MR) is 71.3 cm³/mol. The van der Waals surface area contributed by atoms with Gasteiger partial charge in [0, 0.05) is 12.3 Å². The monoisotopic (exact) mass is 308 g/mol. The Kier molecular flexibility index (Phi) is 6.15. The van der Waals surface area contributed by atoms with Gasteiger partial charge in [-0.15, -0.1) is 0 Å². The zero-order chi connectivity index (χ0) is 15.2. The van der Waals surface area contributed by atoms with E-state index in [4.69, 9.17) is 10.8 Å². The number of carbonyl (C=O) groups is 1. The maximum atomic E-state index is 11.9. The van der Waals surface area contributed by atoms with Crippen LogP contribution in [0.1, 0.15) is 5.56 Å². The molecule has 1 aromatic rings. The lowest BCUT2D eigenvalue weighted by Gasteiger charge is -2.12. The highest BCUT2D eigenvalue weighted by Crippen LogP contribution is 2.29. The Morgan fingerprint density at radius 2 is 1.95 bits per heavy atom. The van der Waals surface area contributed by atoms with Gasteiger partial charge in [0.15, 0.2) is 0 Å². The minimum absolute atomic E-state index is 0.0910. The number of benzene rings is 1. The van der Waals surface area contributed by atoms with Gasteiger partial charge in [0.2, 0.25) is 5.91 Å². The summed E-state index contributed by atoms with van der Waals surface area (Å²) in [5.41, 5.74) is 2.12. The topological polar surface area (TPSA) is 75.3 Å². The summed E-state index contributed by atoms with van der Waals surface area (Å²) in [6.45, 7) is -0.0910. The van der Waals surface area contributed by atoms with E-state index in [1.54, 1.807) is 12.1 Å². The number of hydrogen-bond donors (Lipinski definition) is 3. The van der Waals surface area contributed by atoms with Gasteiger partial charge < -0.3 is 16.2 Å². The number of nitrogens with two attached hydrogens (primary N) is 1. The van der Waals surface area contributed by atoms with Crippen molar-refractivity contribution in [2.24, 2.45) is 5.73 Å². The van der Waals surface area contributed by atoms with Crippen LogP contribution in [0.2, 0.25) is 0 Å². The van der Waals surface area contributed by atoms with Crippen LogP contribution in [0.3, 0.4) is 0 Å². The number of phenols is 1. The molecule has 0 aliphatic rings. The highest BCUT2D eigenvalue weighted by atomic mass is 32.2. The standard InChI is InChI=1S/C12H15F3N2O2S/c13-12(14,15)20-6-5-17-11(19)10(16)7-8-1-3-9(18)4-2-8/h1-4,10,18H,5-7,16H2,(H,17,19). The Labute approximate surface area is 118 Å². The molecule has 0 aromatic heterocycles. The van der Waals surface area contributed by atoms with Gasteiger partial charge >= 0.3 is 5.51 Å². The van der Waals surface area contributed by atoms with Gasteiger partial charge in [0.25, 0.3) is 0 Å². The number of phenolic OH excluding ortho intramolecular Hbond substituents is 1. The second-order valence-electron chi connectivity index (χ2n) is 4.06. The second kappa shape index (κ2) is 7.39. The molecule has 1 rings (SSSR count). The number of aromatic hydroxyl groups is 1. The van der Waals surface area contributed by atoms with Crippen LogP contribution in [0, 0.1) is 0 Å². The SMILES string of the molecule is NC(Cc1ccc(O)cc1)C(=O)NCCSC(F)(F)F. The molecule has 112 valence electrons. The number of amides is 1. The van der Waals surface area contributed by atoms with Crippen LogP contribution in [-0.2, 0) is 11.2 Å². The third-order valence-corrected chi connectivity index (χ3v) is 3.13. The van der Waals surface area contributed by atoms with Gasteiger partial charge in [-0.05, 0) is 35.9 Å². The molecule has 1 atom stereocenters. The molecule has 0 radical (unpaired) electrons. The van der Waals surface area contributed by atoms with Gasteiger partial charge in [-0.25, -0.2) is 0 Å². The highest BCUT2D eigenvalue weighted by Gasteiger charge is 2.27. The fraction of sp³-hybridized carbons (Fsp3) is 0.417. The first kappa shape index (κ1) is 16.6. The Balaban J connectivity index is 2.30. The summed E-state index contributed by atoms with van der Waals surface area (Å²) in [5, 5.41) is 11.5. The Hall–Kier alpha value is -1.41. The molecule has 0 saturated carbocycles. The first-order valence-corrected chi connectivity index (χ1v) is 6.78. The third-order valence-electron chi connectivity index (χ3n) is 2.40. The van der Waals surface area contributed by atoms with Crippen LogP contribution in [0.5, 0.6) is 5.75 Å². The van der Waals surface area contributed by atoms with E-state index in [0.29, 0.717) is 0 Å². The average molecular weight is 308 g/mol. The van der Waals surface area contributed by atoms with E-state index >= 15 is 0 Å². The van der Waals surface area contributed by atoms with Crippen LogP contribution in [0.15, 0.2) is 24.3 Å². The van der Waals surface area contributed by atoms with Gasteiger partial charge in [-0.3, -0.25) is 4.79 Å². The second-order valence-corrected chi connectivity index (χ2v) is 5.22. The zero-order valence-electron chi connectivity index (χ0n) is 10.5. The molecule has 0 heterocycles. The van der Waals surface area contributed by atoms with Crippen LogP contribution in [0.25, 0.3) is 0 Å². The lowest BCUT2D eigenvalue weighted by molar-refractivity contribution is -0.122. The minimum atomic E-state index is -4.29. The van der Waals surface area contributed by atoms with Crippen molar-refractivity contribution in [3.8, 4) is 5.75 Å². The predicted octanol–water partition coefficient (Wildman–Crippen LogP) is 1.63. The number of halogens is 3. The third kappa shape index (κ3) is 6.67. The van der Waals surface area contributed by atoms with Crippen molar-refractivity contribution in [2.75, 3.05) is 12.3 Å². The zero-order valence-corrected chi connectivity index (χ0v) is 11.3. The summed E-state index contributed by atoms with van der Waals surface area (Å²) >= 11 is -0.190. The Bertz CT molecular complexity index is 437. The molecule has 4 N–H and O–H groups in total. The van der Waals surface area contributed by atoms with Crippen LogP contribution in [0.4, 0.5) is 13.2 Å². The summed E-state index contributed by atoms with van der Waals surface area (Å²) in [6.07, 6.45) is 0.249. The fourth-order valence-corrected chi connectivity index (χ4v) is 1.89. The van der Waals surface area contributed by atoms with E-state index in [1.165, 1.54) is 12.1 Å². The minimum Gasteiger partial charge on any atom is -0.508 e. The lowest BCUT2D eigenvalue weighted by Crippen LogP contribution is -2.42. The van der Waals surface area contributed by atoms with Crippen molar-refractivity contribution < 1.29 is 23.1 Å². The smallest absolute Gasteiger partial charge is 0.441 e. The average Bonchev–Trinajstić information content (AvgIpc) is 2.36. The van der Waals surface area contributed by atoms with Crippen molar-refractivity contribution in [3.05, 3.63) is 29.8 Å². The molecule has 0 bridgehead atoms. The quantitative estimate of drug-likeness (QED) is 0.698. The van der Waals surface area contributed by atoms with E-state index in [1.807, 2.05) is 0 Å². The number of hydrogen-bond acceptors (Lipinski definition) is 4. The molecule has 1 unspecified atom stereocenters. The Morgan fingerprint density at radius 1 is 1.35 bits per heavy atom. The fourth-order valence-electron chi connectivity index (χ4n) is 1.45. The van der Waals surface area contributed by atoms with Gasteiger partial charge in [-0.1, -0.05) is 12.1 Å². The molecular weight excluding hydrogens is 293 g/mol. The Morgan fingerprint density at radius 3 is 2.50 bits per heavy atom. The molecule has 0 spiro atoms. The van der Waals surface area contributed by atoms with E-state index in [0.717, 1.165) is 5.56 Å². The van der Waals surface area contributed by atoms with E-state index in [9.17, 15) is 18.0 Å². The van der Waals surface area contributed by atoms with Crippen molar-refractivity contribution in [1.82, 2.24) is 5.32 Å². The van der Waals surface area contributed by atoms with Gasteiger partial charge in [-0.2, -0.15) is 13.2 Å². The van der Waals surface area contributed by atoms with E-state index < -0.39 is 17.5 Å². The number of thioether (sulfide) groups is 1. The van der Waals surface area contributed by atoms with Crippen molar-refractivity contribution in [3.63, 3.8) is 0 Å². The van der Waals surface area contributed by atoms with Gasteiger partial charge in [0.1, 0.15) is 5.75 Å². The van der Waals surface area contributed by atoms with Gasteiger partial charge in [0.05, 0.1) is 6.04 Å². The highest BCUT2D eigenvalue weighted by molar-refractivity contribution is 8.00. The van der Waals surface area contributed by atoms with E-state index in [2.05, 4.69) is 5.32 Å². The molecule has 20 heavy (non-hydrogen) atoms. The maximum Gasteiger partial charge on any atom is 0.441 e. The summed E-state index contributed by atoms with van der Waals surface area (Å²) in [7, 11) is 0. The van der Waals surface area contributed by atoms with Crippen LogP contribution < -0.4 is 11.1 Å². The van der Waals surface area contributed by atoms with Crippen molar-refractivity contribution in [2.45, 2.75) is 18.0 Å². The maximum absolute atomic E-state index is 11.9. The number of carbonyl (C=O) groups excluding carboxylic acids is 1. The number of alkyl halides is 3. The molecule has 0 aliphatic heterocycles. The molecule has 1 amide bonds. The van der Waals surface area contributed by atoms with E-state index in [-0.39, 0.29) is 36.2 Å². The molecular formula is C12H15F3N2O2S. The summed E-state index contributed by atoms with van der Waals surface area (Å²) in [5.74, 6) is -0.641. The summed E-state index contributed by atoms with van der Waals surface area (Å²) in [6, 6.07) is 5.36. The molecule has 0 fully saturated rings. The number of nitrogens with one attached hydrogen (secondary N) is 1. The van der Waals surface area contributed by atoms with Crippen molar-refractivity contribution >= 4 is 17.7 Å². The summed E-state index contributed by atoms with van der Waals surface area (Å²) < 4.78 is 35.6. The van der Waals surface area contributed by atoms with Crippen LogP contribution in [-0.4, -0.2) is 34.9 Å². The molecule has 8 heteroatoms. The summed E-state index contributed by atoms with van der Waals surface area (Å²) in [4.78, 5) is 11.6. The normalized spacial score (nSPS) is 13.0. The molecule has 0 aliphatic carbocycles. The van der Waals surface area contributed by atoms with Crippen LogP contribution >= 0.6 is 11.8 Å². The van der Waals surface area contributed by atoms with Crippen molar-refractivity contribution in [1.29, 1.82) is 0 Å². The molecule has 4 nitrogen and oxygen atoms in total. The number of rotatable bonds is 6. The lowest BCUT2D eigenvalue weighted by atomic mass is 10.1. The first-order valence-electron chi connectivity index (χ1n) is 5.80. The largest absolute Gasteiger partial charge is 0.508 e. The first-order chi connectivity index (χ1) is 9.28. The molecule has 0 saturated heterocycles. The molecule has 1 aromatic carbocycles.